The molecule has 1 rings (SSSR count). The number of sulfone groups is 1. The monoisotopic (exact) mass is 406 g/mol. The topological polar surface area (TPSA) is 141 Å². The molecule has 0 saturated carbocycles. The van der Waals surface area contributed by atoms with Gasteiger partial charge in [0, 0.05) is 18.7 Å². The summed E-state index contributed by atoms with van der Waals surface area (Å²) in [6.45, 7) is 3.99. The molecule has 27 heavy (non-hydrogen) atoms. The second-order valence-corrected chi connectivity index (χ2v) is 9.46. The summed E-state index contributed by atoms with van der Waals surface area (Å²) in [5.41, 5.74) is -1.96. The van der Waals surface area contributed by atoms with Gasteiger partial charge in [0.25, 0.3) is 0 Å². The number of rotatable bonds is 11. The molecular formula is C17H30N2O7S. The lowest BCUT2D eigenvalue weighted by Crippen LogP contribution is -2.72. The maximum absolute atomic E-state index is 12.8. The molecule has 0 aromatic rings. The fourth-order valence-electron chi connectivity index (χ4n) is 3.52. The molecule has 0 radical (unpaired) electrons. The molecule has 2 amide bonds. The van der Waals surface area contributed by atoms with Crippen molar-refractivity contribution < 1.29 is 33.0 Å². The minimum atomic E-state index is -3.50. The van der Waals surface area contributed by atoms with E-state index in [-0.39, 0.29) is 19.4 Å². The molecule has 1 saturated heterocycles. The summed E-state index contributed by atoms with van der Waals surface area (Å²) in [4.78, 5) is 37.3. The molecule has 0 aliphatic carbocycles. The van der Waals surface area contributed by atoms with Crippen LogP contribution in [0.2, 0.25) is 0 Å². The summed E-state index contributed by atoms with van der Waals surface area (Å²) in [7, 11) is -3.50. The van der Waals surface area contributed by atoms with Gasteiger partial charge in [0.05, 0.1) is 11.8 Å². The fraction of sp³-hybridized carbons (Fsp3) is 0.824. The Morgan fingerprint density at radius 3 is 2.07 bits per heavy atom. The van der Waals surface area contributed by atoms with Crippen LogP contribution in [-0.2, 0) is 19.4 Å². The average Bonchev–Trinajstić information content (AvgIpc) is 2.49. The van der Waals surface area contributed by atoms with Gasteiger partial charge in [0.1, 0.15) is 9.84 Å². The highest BCUT2D eigenvalue weighted by Crippen LogP contribution is 2.32. The zero-order valence-corrected chi connectivity index (χ0v) is 16.9. The Hall–Kier alpha value is -1.84. The Kier molecular flexibility index (Phi) is 8.06. The van der Waals surface area contributed by atoms with Gasteiger partial charge >= 0.3 is 12.1 Å². The number of hydrogen-bond donors (Lipinski definition) is 3. The lowest BCUT2D eigenvalue weighted by molar-refractivity contribution is -0.154. The average molecular weight is 407 g/mol. The predicted octanol–water partition coefficient (Wildman–Crippen LogP) is 1.33. The lowest BCUT2D eigenvalue weighted by atomic mass is 9.79. The molecule has 1 aliphatic heterocycles. The molecule has 0 aromatic heterocycles. The third kappa shape index (κ3) is 5.82. The van der Waals surface area contributed by atoms with Gasteiger partial charge in [-0.25, -0.2) is 18.0 Å². The molecule has 2 atom stereocenters. The summed E-state index contributed by atoms with van der Waals surface area (Å²) in [6.07, 6.45) is 2.20. The molecule has 1 fully saturated rings. The highest BCUT2D eigenvalue weighted by Gasteiger charge is 2.55. The van der Waals surface area contributed by atoms with Gasteiger partial charge in [-0.15, -0.1) is 0 Å². The van der Waals surface area contributed by atoms with Gasteiger partial charge in [-0.05, 0) is 25.7 Å². The highest BCUT2D eigenvalue weighted by atomic mass is 32.2. The van der Waals surface area contributed by atoms with Crippen molar-refractivity contribution in [3.63, 3.8) is 0 Å². The largest absolute Gasteiger partial charge is 0.479 e. The van der Waals surface area contributed by atoms with E-state index in [1.165, 1.54) is 0 Å². The molecule has 3 N–H and O–H groups in total. The Morgan fingerprint density at radius 1 is 1.19 bits per heavy atom. The summed E-state index contributed by atoms with van der Waals surface area (Å²) in [5, 5.41) is 21.8. The molecular weight excluding hydrogens is 376 g/mol. The molecule has 1 unspecified atom stereocenters. The third-order valence-electron chi connectivity index (χ3n) is 5.07. The van der Waals surface area contributed by atoms with E-state index in [1.54, 1.807) is 0 Å². The zero-order valence-electron chi connectivity index (χ0n) is 16.1. The van der Waals surface area contributed by atoms with Crippen LogP contribution < -0.4 is 5.32 Å². The van der Waals surface area contributed by atoms with Crippen molar-refractivity contribution in [2.75, 3.05) is 18.6 Å². The number of nitrogens with zero attached hydrogens (tertiary/aromatic N) is 1. The quantitative estimate of drug-likeness (QED) is 0.470. The number of carboxylic acids is 1. The Morgan fingerprint density at radius 2 is 1.74 bits per heavy atom. The second-order valence-electron chi connectivity index (χ2n) is 7.20. The molecule has 0 aromatic carbocycles. The number of amides is 2. The van der Waals surface area contributed by atoms with Crippen LogP contribution in [0.1, 0.15) is 52.4 Å². The number of nitrogens with one attached hydrogen (secondary N) is 1. The summed E-state index contributed by atoms with van der Waals surface area (Å²) >= 11 is 0. The van der Waals surface area contributed by atoms with E-state index in [9.17, 15) is 33.0 Å². The third-order valence-corrected chi connectivity index (χ3v) is 6.02. The predicted molar refractivity (Wildman–Crippen MR) is 99.3 cm³/mol. The Bertz CT molecular complexity index is 658. The van der Waals surface area contributed by atoms with E-state index < -0.39 is 51.1 Å². The number of aliphatic carboxylic acids is 1. The number of carbonyl (C=O) groups excluding carboxylic acids is 1. The van der Waals surface area contributed by atoms with E-state index in [0.717, 1.165) is 24.0 Å². The van der Waals surface area contributed by atoms with E-state index in [0.29, 0.717) is 12.8 Å². The minimum absolute atomic E-state index is 0.150. The van der Waals surface area contributed by atoms with Gasteiger partial charge in [-0.1, -0.05) is 26.7 Å². The molecule has 1 heterocycles. The number of hydrogen-bond acceptors (Lipinski definition) is 5. The molecule has 0 bridgehead atoms. The van der Waals surface area contributed by atoms with E-state index in [4.69, 9.17) is 0 Å². The van der Waals surface area contributed by atoms with Gasteiger partial charge in [0.2, 0.25) is 5.91 Å². The maximum atomic E-state index is 12.8. The van der Waals surface area contributed by atoms with Crippen LogP contribution in [0.4, 0.5) is 4.79 Å². The van der Waals surface area contributed by atoms with E-state index in [2.05, 4.69) is 5.32 Å². The number of carboxylic acid groups (broad SMARTS) is 2. The van der Waals surface area contributed by atoms with Crippen LogP contribution in [-0.4, -0.2) is 71.6 Å². The molecule has 1 aliphatic rings. The number of carbonyl (C=O) groups is 3. The van der Waals surface area contributed by atoms with Crippen molar-refractivity contribution in [1.82, 2.24) is 10.2 Å². The first kappa shape index (κ1) is 23.2. The van der Waals surface area contributed by atoms with Gasteiger partial charge in [-0.2, -0.15) is 0 Å². The zero-order chi connectivity index (χ0) is 20.8. The lowest BCUT2D eigenvalue weighted by Gasteiger charge is -2.49. The number of likely N-dealkylation sites (tertiary alicyclic amines) is 1. The van der Waals surface area contributed by atoms with Crippen LogP contribution in [0.5, 0.6) is 0 Å². The van der Waals surface area contributed by atoms with E-state index in [1.807, 2.05) is 13.8 Å². The Balaban J connectivity index is 3.23. The summed E-state index contributed by atoms with van der Waals surface area (Å²) in [6, 6.07) is -0.998. The van der Waals surface area contributed by atoms with Crippen molar-refractivity contribution in [1.29, 1.82) is 0 Å². The smallest absolute Gasteiger partial charge is 0.407 e. The summed E-state index contributed by atoms with van der Waals surface area (Å²) < 4.78 is 23.3. The molecule has 9 nitrogen and oxygen atoms in total. The fourth-order valence-corrected chi connectivity index (χ4v) is 4.21. The van der Waals surface area contributed by atoms with Crippen LogP contribution in [0.25, 0.3) is 0 Å². The normalized spacial score (nSPS) is 19.3. The second kappa shape index (κ2) is 9.38. The highest BCUT2D eigenvalue weighted by molar-refractivity contribution is 7.90. The standard InChI is InChI=1S/C17H30N2O7S/c1-4-6-12(7-5-2)14(20)18-17(15(21)22,9-11-27(3,25)26)13-8-10-19(13)16(23)24/h12-13H,4-11H2,1-3H3,(H,18,20)(H,21,22)(H,23,24)/t13?,17-/m1/s1. The Labute approximate surface area is 160 Å². The first-order chi connectivity index (χ1) is 12.5. The first-order valence-corrected chi connectivity index (χ1v) is 11.3. The molecule has 156 valence electrons. The van der Waals surface area contributed by atoms with Crippen molar-refractivity contribution in [2.24, 2.45) is 5.92 Å². The minimum Gasteiger partial charge on any atom is -0.479 e. The van der Waals surface area contributed by atoms with Crippen molar-refractivity contribution in [3.05, 3.63) is 0 Å². The van der Waals surface area contributed by atoms with Gasteiger partial charge in [-0.3, -0.25) is 4.79 Å². The molecule has 10 heteroatoms. The van der Waals surface area contributed by atoms with Gasteiger partial charge < -0.3 is 20.4 Å². The van der Waals surface area contributed by atoms with Crippen LogP contribution >= 0.6 is 0 Å². The van der Waals surface area contributed by atoms with E-state index >= 15 is 0 Å². The van der Waals surface area contributed by atoms with Crippen molar-refractivity contribution in [3.8, 4) is 0 Å². The van der Waals surface area contributed by atoms with Crippen LogP contribution in [0.15, 0.2) is 0 Å². The maximum Gasteiger partial charge on any atom is 0.407 e. The molecule has 0 spiro atoms. The van der Waals surface area contributed by atoms with Crippen molar-refractivity contribution >= 4 is 27.8 Å². The first-order valence-electron chi connectivity index (χ1n) is 9.21. The van der Waals surface area contributed by atoms with Gasteiger partial charge in [0.15, 0.2) is 5.54 Å². The summed E-state index contributed by atoms with van der Waals surface area (Å²) in [5.74, 6) is -2.74. The van der Waals surface area contributed by atoms with Crippen LogP contribution in [0, 0.1) is 5.92 Å². The SMILES string of the molecule is CCCC(CCC)C(=O)N[C@@](CCS(C)(=O)=O)(C(=O)O)C1CCN1C(=O)O. The van der Waals surface area contributed by atoms with Crippen molar-refractivity contribution in [2.45, 2.75) is 64.0 Å². The van der Waals surface area contributed by atoms with Crippen LogP contribution in [0.3, 0.4) is 0 Å².